The molecule has 1 aromatic carbocycles. The Hall–Kier alpha value is -1.75. The molecule has 1 saturated heterocycles. The molecule has 0 amide bonds. The van der Waals surface area contributed by atoms with Gasteiger partial charge in [0.1, 0.15) is 6.61 Å². The molecule has 1 fully saturated rings. The highest BCUT2D eigenvalue weighted by Gasteiger charge is 2.17. The van der Waals surface area contributed by atoms with E-state index in [0.717, 1.165) is 25.0 Å². The molecule has 0 radical (unpaired) electrons. The summed E-state index contributed by atoms with van der Waals surface area (Å²) < 4.78 is 16.5. The molecule has 0 aliphatic carbocycles. The molecule has 1 atom stereocenters. The zero-order valence-corrected chi connectivity index (χ0v) is 11.3. The number of ether oxygens (including phenoxy) is 3. The molecule has 5 nitrogen and oxygen atoms in total. The first-order valence-corrected chi connectivity index (χ1v) is 6.36. The van der Waals surface area contributed by atoms with Crippen LogP contribution in [-0.2, 0) is 4.74 Å². The van der Waals surface area contributed by atoms with E-state index in [2.05, 4.69) is 5.16 Å². The van der Waals surface area contributed by atoms with Gasteiger partial charge >= 0.3 is 0 Å². The zero-order chi connectivity index (χ0) is 13.7. The van der Waals surface area contributed by atoms with Crippen molar-refractivity contribution in [3.63, 3.8) is 0 Å². The maximum atomic E-state index is 8.77. The van der Waals surface area contributed by atoms with Crippen molar-refractivity contribution < 1.29 is 19.4 Å². The minimum Gasteiger partial charge on any atom is -0.493 e. The fourth-order valence-corrected chi connectivity index (χ4v) is 2.03. The molecule has 0 bridgehead atoms. The number of hydrogen-bond donors (Lipinski definition) is 1. The molecule has 5 heteroatoms. The van der Waals surface area contributed by atoms with Gasteiger partial charge in [0.2, 0.25) is 0 Å². The Morgan fingerprint density at radius 3 is 2.95 bits per heavy atom. The number of methoxy groups -OCH3 is 1. The first-order chi connectivity index (χ1) is 9.24. The topological polar surface area (TPSA) is 60.3 Å². The largest absolute Gasteiger partial charge is 0.493 e. The number of nitrogens with zero attached hydrogens (tertiary/aromatic N) is 1. The van der Waals surface area contributed by atoms with Crippen molar-refractivity contribution >= 4 is 5.71 Å². The summed E-state index contributed by atoms with van der Waals surface area (Å²) in [5, 5.41) is 11.9. The van der Waals surface area contributed by atoms with E-state index in [9.17, 15) is 0 Å². The van der Waals surface area contributed by atoms with Gasteiger partial charge in [0, 0.05) is 12.2 Å². The number of benzene rings is 1. The van der Waals surface area contributed by atoms with Crippen LogP contribution in [-0.4, -0.2) is 37.3 Å². The third-order valence-corrected chi connectivity index (χ3v) is 3.18. The SMILES string of the molecule is COc1cc(/C(C)=N/O)ccc1OCC1CCCO1. The Labute approximate surface area is 112 Å². The van der Waals surface area contributed by atoms with Crippen LogP contribution < -0.4 is 9.47 Å². The van der Waals surface area contributed by atoms with Crippen molar-refractivity contribution in [2.45, 2.75) is 25.9 Å². The highest BCUT2D eigenvalue weighted by atomic mass is 16.5. The number of rotatable bonds is 5. The van der Waals surface area contributed by atoms with Gasteiger partial charge < -0.3 is 19.4 Å². The standard InChI is InChI=1S/C14H19NO4/c1-10(15-16)11-5-6-13(14(8-11)17-2)19-9-12-4-3-7-18-12/h5-6,8,12,16H,3-4,7,9H2,1-2H3/b15-10+. The average molecular weight is 265 g/mol. The smallest absolute Gasteiger partial charge is 0.161 e. The maximum absolute atomic E-state index is 8.77. The van der Waals surface area contributed by atoms with Crippen LogP contribution in [0.3, 0.4) is 0 Å². The molecule has 0 spiro atoms. The average Bonchev–Trinajstić information content (AvgIpc) is 2.97. The minimum atomic E-state index is 0.171. The monoisotopic (exact) mass is 265 g/mol. The summed E-state index contributed by atoms with van der Waals surface area (Å²) in [6.07, 6.45) is 2.30. The van der Waals surface area contributed by atoms with Gasteiger partial charge in [-0.2, -0.15) is 0 Å². The first-order valence-electron chi connectivity index (χ1n) is 6.36. The summed E-state index contributed by atoms with van der Waals surface area (Å²) in [5.74, 6) is 1.30. The highest BCUT2D eigenvalue weighted by molar-refractivity contribution is 5.98. The molecule has 1 aromatic rings. The first kappa shape index (κ1) is 13.7. The number of hydrogen-bond acceptors (Lipinski definition) is 5. The van der Waals surface area contributed by atoms with Crippen molar-refractivity contribution in [2.24, 2.45) is 5.16 Å². The second-order valence-electron chi connectivity index (χ2n) is 4.50. The van der Waals surface area contributed by atoms with E-state index in [0.29, 0.717) is 23.8 Å². The Kier molecular flexibility index (Phi) is 4.63. The van der Waals surface area contributed by atoms with Gasteiger partial charge in [-0.25, -0.2) is 0 Å². The Morgan fingerprint density at radius 2 is 2.32 bits per heavy atom. The van der Waals surface area contributed by atoms with Gasteiger partial charge in [-0.15, -0.1) is 0 Å². The second kappa shape index (κ2) is 6.43. The Balaban J connectivity index is 2.07. The van der Waals surface area contributed by atoms with E-state index < -0.39 is 0 Å². The zero-order valence-electron chi connectivity index (χ0n) is 11.3. The van der Waals surface area contributed by atoms with Crippen LogP contribution in [0.2, 0.25) is 0 Å². The van der Waals surface area contributed by atoms with Crippen molar-refractivity contribution in [3.05, 3.63) is 23.8 Å². The third kappa shape index (κ3) is 3.38. The molecular weight excluding hydrogens is 246 g/mol. The van der Waals surface area contributed by atoms with Gasteiger partial charge in [-0.1, -0.05) is 5.16 Å². The Bertz CT molecular complexity index is 453. The molecule has 1 N–H and O–H groups in total. The Morgan fingerprint density at radius 1 is 1.47 bits per heavy atom. The molecule has 19 heavy (non-hydrogen) atoms. The highest BCUT2D eigenvalue weighted by Crippen LogP contribution is 2.29. The number of oxime groups is 1. The van der Waals surface area contributed by atoms with E-state index in [-0.39, 0.29) is 6.10 Å². The predicted molar refractivity (Wildman–Crippen MR) is 71.5 cm³/mol. The van der Waals surface area contributed by atoms with Crippen LogP contribution in [0.1, 0.15) is 25.3 Å². The fourth-order valence-electron chi connectivity index (χ4n) is 2.03. The maximum Gasteiger partial charge on any atom is 0.161 e. The van der Waals surface area contributed by atoms with Gasteiger partial charge in [0.05, 0.1) is 18.9 Å². The molecule has 2 rings (SSSR count). The fraction of sp³-hybridized carbons (Fsp3) is 0.500. The molecule has 1 aliphatic heterocycles. The summed E-state index contributed by atoms with van der Waals surface area (Å²) in [4.78, 5) is 0. The van der Waals surface area contributed by atoms with Gasteiger partial charge in [0.15, 0.2) is 11.5 Å². The van der Waals surface area contributed by atoms with Crippen LogP contribution in [0.15, 0.2) is 23.4 Å². The van der Waals surface area contributed by atoms with Gasteiger partial charge in [0.25, 0.3) is 0 Å². The third-order valence-electron chi connectivity index (χ3n) is 3.18. The normalized spacial score (nSPS) is 19.5. The lowest BCUT2D eigenvalue weighted by atomic mass is 10.1. The minimum absolute atomic E-state index is 0.171. The molecule has 0 aromatic heterocycles. The molecule has 104 valence electrons. The molecule has 0 saturated carbocycles. The lowest BCUT2D eigenvalue weighted by Gasteiger charge is -2.14. The summed E-state index contributed by atoms with van der Waals surface area (Å²) in [6.45, 7) is 3.07. The summed E-state index contributed by atoms with van der Waals surface area (Å²) in [7, 11) is 1.59. The van der Waals surface area contributed by atoms with Crippen LogP contribution in [0.25, 0.3) is 0 Å². The van der Waals surface area contributed by atoms with E-state index in [4.69, 9.17) is 19.4 Å². The van der Waals surface area contributed by atoms with Crippen LogP contribution in [0.5, 0.6) is 11.5 Å². The molecule has 1 unspecified atom stereocenters. The van der Waals surface area contributed by atoms with E-state index in [1.807, 2.05) is 12.1 Å². The lowest BCUT2D eigenvalue weighted by molar-refractivity contribution is 0.0670. The van der Waals surface area contributed by atoms with Crippen molar-refractivity contribution in [1.29, 1.82) is 0 Å². The van der Waals surface area contributed by atoms with E-state index >= 15 is 0 Å². The van der Waals surface area contributed by atoms with Crippen molar-refractivity contribution in [1.82, 2.24) is 0 Å². The van der Waals surface area contributed by atoms with Crippen molar-refractivity contribution in [2.75, 3.05) is 20.3 Å². The van der Waals surface area contributed by atoms with Crippen LogP contribution >= 0.6 is 0 Å². The second-order valence-corrected chi connectivity index (χ2v) is 4.50. The van der Waals surface area contributed by atoms with Gasteiger partial charge in [-0.3, -0.25) is 0 Å². The molecule has 1 heterocycles. The summed E-state index contributed by atoms with van der Waals surface area (Å²) in [5.41, 5.74) is 1.33. The summed E-state index contributed by atoms with van der Waals surface area (Å²) >= 11 is 0. The van der Waals surface area contributed by atoms with Gasteiger partial charge in [-0.05, 0) is 38.0 Å². The van der Waals surface area contributed by atoms with E-state index in [1.54, 1.807) is 20.1 Å². The quantitative estimate of drug-likeness (QED) is 0.504. The lowest BCUT2D eigenvalue weighted by Crippen LogP contribution is -2.16. The van der Waals surface area contributed by atoms with Crippen molar-refractivity contribution in [3.8, 4) is 11.5 Å². The predicted octanol–water partition coefficient (Wildman–Crippen LogP) is 2.45. The van der Waals surface area contributed by atoms with Crippen LogP contribution in [0, 0.1) is 0 Å². The van der Waals surface area contributed by atoms with E-state index in [1.165, 1.54) is 0 Å². The van der Waals surface area contributed by atoms with Crippen LogP contribution in [0.4, 0.5) is 0 Å². The molecular formula is C14H19NO4. The summed E-state index contributed by atoms with van der Waals surface area (Å²) in [6, 6.07) is 5.44. The molecule has 1 aliphatic rings.